The Morgan fingerprint density at radius 1 is 0.805 bits per heavy atom. The number of esters is 2. The Bertz CT molecular complexity index is 963. The molecule has 0 saturated carbocycles. The molecule has 1 rings (SSSR count). The quantitative estimate of drug-likeness (QED) is 0.0506. The number of carbonyl (C=O) groups is 2. The topological polar surface area (TPSA) is 43.4 Å². The van der Waals surface area contributed by atoms with Crippen molar-refractivity contribution < 1.29 is 23.1 Å². The fourth-order valence-electron chi connectivity index (χ4n) is 5.18. The van der Waals surface area contributed by atoms with Gasteiger partial charge in [-0.3, -0.25) is 4.79 Å². The first kappa shape index (κ1) is 36.7. The number of hydrogen-bond donors (Lipinski definition) is 0. The molecule has 0 spiro atoms. The van der Waals surface area contributed by atoms with Crippen LogP contribution in [0.5, 0.6) is 0 Å². The van der Waals surface area contributed by atoms with Crippen LogP contribution in [0.15, 0.2) is 58.7 Å². The molecule has 0 bridgehead atoms. The highest BCUT2D eigenvalue weighted by atomic mass is 19.3. The predicted octanol–water partition coefficient (Wildman–Crippen LogP) is 11.3. The highest BCUT2D eigenvalue weighted by molar-refractivity contribution is 5.92. The van der Waals surface area contributed by atoms with E-state index in [0.717, 1.165) is 24.8 Å². The molecule has 41 heavy (non-hydrogen) atoms. The Morgan fingerprint density at radius 3 is 1.90 bits per heavy atom. The van der Waals surface area contributed by atoms with Gasteiger partial charge in [0.2, 0.25) is 0 Å². The molecule has 232 valence electrons. The minimum Gasteiger partial charge on any atom is -0.390 e. The Morgan fingerprint density at radius 2 is 1.34 bits per heavy atom. The van der Waals surface area contributed by atoms with Gasteiger partial charge >= 0.3 is 11.9 Å². The van der Waals surface area contributed by atoms with E-state index in [1.165, 1.54) is 77.2 Å². The van der Waals surface area contributed by atoms with Crippen LogP contribution < -0.4 is 0 Å². The molecule has 5 heteroatoms. The lowest BCUT2D eigenvalue weighted by atomic mass is 9.71. The second-order valence-electron chi connectivity index (χ2n) is 12.4. The number of alkyl halides is 2. The molecule has 0 heterocycles. The van der Waals surface area contributed by atoms with E-state index in [2.05, 4.69) is 6.92 Å². The Labute approximate surface area is 249 Å². The Balaban J connectivity index is 2.31. The normalized spacial score (nSPS) is 17.6. The molecule has 1 aliphatic carbocycles. The van der Waals surface area contributed by atoms with Crippen LogP contribution in [0.3, 0.4) is 0 Å². The molecule has 0 aromatic rings. The summed E-state index contributed by atoms with van der Waals surface area (Å²) in [6, 6.07) is 0. The molecule has 3 nitrogen and oxygen atoms in total. The molecule has 0 aromatic carbocycles. The van der Waals surface area contributed by atoms with Crippen LogP contribution in [0.2, 0.25) is 0 Å². The number of allylic oxidation sites excluding steroid dienone is 9. The van der Waals surface area contributed by atoms with Gasteiger partial charge in [0.05, 0.1) is 0 Å². The van der Waals surface area contributed by atoms with E-state index >= 15 is 0 Å². The average Bonchev–Trinajstić information content (AvgIpc) is 2.89. The first-order valence-electron chi connectivity index (χ1n) is 15.9. The van der Waals surface area contributed by atoms with Crippen molar-refractivity contribution in [3.05, 3.63) is 58.7 Å². The van der Waals surface area contributed by atoms with Crippen LogP contribution in [-0.4, -0.2) is 17.9 Å². The van der Waals surface area contributed by atoms with Crippen molar-refractivity contribution in [2.75, 3.05) is 0 Å². The minimum absolute atomic E-state index is 0.111. The van der Waals surface area contributed by atoms with Crippen molar-refractivity contribution >= 4 is 11.9 Å². The van der Waals surface area contributed by atoms with Gasteiger partial charge in [-0.05, 0) is 55.7 Å². The van der Waals surface area contributed by atoms with Crippen molar-refractivity contribution in [3.63, 3.8) is 0 Å². The molecular weight excluding hydrogens is 518 g/mol. The summed E-state index contributed by atoms with van der Waals surface area (Å²) in [5.74, 6) is -3.89. The maximum atomic E-state index is 14.2. The summed E-state index contributed by atoms with van der Waals surface area (Å²) in [4.78, 5) is 24.1. The van der Waals surface area contributed by atoms with E-state index in [1.54, 1.807) is 25.2 Å². The highest BCUT2D eigenvalue weighted by Gasteiger charge is 2.42. The predicted molar refractivity (Wildman–Crippen MR) is 168 cm³/mol. The van der Waals surface area contributed by atoms with E-state index in [1.807, 2.05) is 32.9 Å². The van der Waals surface area contributed by atoms with Gasteiger partial charge in [0.1, 0.15) is 0 Å². The minimum atomic E-state index is -2.75. The number of halogens is 2. The zero-order valence-corrected chi connectivity index (χ0v) is 26.8. The van der Waals surface area contributed by atoms with Crippen molar-refractivity contribution in [1.82, 2.24) is 0 Å². The van der Waals surface area contributed by atoms with E-state index in [-0.39, 0.29) is 23.8 Å². The third-order valence-corrected chi connectivity index (χ3v) is 8.02. The van der Waals surface area contributed by atoms with Gasteiger partial charge in [-0.25, -0.2) is 13.6 Å². The van der Waals surface area contributed by atoms with Crippen LogP contribution in [0.25, 0.3) is 0 Å². The standard InChI is InChI=1S/C36H56F2O3/c1-7-8-9-10-11-12-13-14-15-16-17-18-19-23-33(39)41-34(40)28-30(3)22-20-21-29(2)24-25-32-31(4)36(37,38)27-26-35(32,5)6/h20-22,24-25,28H,7-19,23,26-27H2,1-6H3/b22-20+,25-24+,29-21+,30-28+. The van der Waals surface area contributed by atoms with Gasteiger partial charge in [-0.15, -0.1) is 0 Å². The molecule has 0 saturated heterocycles. The van der Waals surface area contributed by atoms with Crippen molar-refractivity contribution in [2.45, 2.75) is 150 Å². The summed E-state index contributed by atoms with van der Waals surface area (Å²) in [6.45, 7) is 11.4. The van der Waals surface area contributed by atoms with Crippen LogP contribution in [0.1, 0.15) is 144 Å². The third-order valence-electron chi connectivity index (χ3n) is 8.02. The lowest BCUT2D eigenvalue weighted by molar-refractivity contribution is -0.156. The number of rotatable bonds is 19. The van der Waals surface area contributed by atoms with Crippen molar-refractivity contribution in [2.24, 2.45) is 5.41 Å². The van der Waals surface area contributed by atoms with Crippen LogP contribution in [0.4, 0.5) is 8.78 Å². The molecule has 0 aliphatic heterocycles. The van der Waals surface area contributed by atoms with Crippen molar-refractivity contribution in [3.8, 4) is 0 Å². The molecule has 0 aromatic heterocycles. The van der Waals surface area contributed by atoms with E-state index in [0.29, 0.717) is 17.6 Å². The molecule has 0 unspecified atom stereocenters. The van der Waals surface area contributed by atoms with E-state index in [9.17, 15) is 18.4 Å². The van der Waals surface area contributed by atoms with E-state index < -0.39 is 17.9 Å². The smallest absolute Gasteiger partial charge is 0.338 e. The fourth-order valence-corrected chi connectivity index (χ4v) is 5.18. The summed E-state index contributed by atoms with van der Waals surface area (Å²) in [5, 5.41) is 0. The lowest BCUT2D eigenvalue weighted by Crippen LogP contribution is -2.31. The van der Waals surface area contributed by atoms with Crippen LogP contribution >= 0.6 is 0 Å². The summed E-state index contributed by atoms with van der Waals surface area (Å²) >= 11 is 0. The first-order valence-corrected chi connectivity index (χ1v) is 15.9. The highest BCUT2D eigenvalue weighted by Crippen LogP contribution is 2.47. The van der Waals surface area contributed by atoms with Crippen LogP contribution in [0, 0.1) is 5.41 Å². The monoisotopic (exact) mass is 574 g/mol. The summed E-state index contributed by atoms with van der Waals surface area (Å²) in [5.41, 5.74) is 2.10. The zero-order valence-electron chi connectivity index (χ0n) is 26.8. The maximum absolute atomic E-state index is 14.2. The molecule has 0 atom stereocenters. The SMILES string of the molecule is CCCCCCCCCCCCCCCC(=O)OC(=O)/C=C(C)/C=C/C=C(C)/C=C/C1=C(C)C(F)(F)CCC1(C)C. The first-order chi connectivity index (χ1) is 19.4. The third kappa shape index (κ3) is 16.1. The van der Waals surface area contributed by atoms with Gasteiger partial charge in [-0.2, -0.15) is 0 Å². The van der Waals surface area contributed by atoms with Gasteiger partial charge in [0, 0.05) is 18.9 Å². The van der Waals surface area contributed by atoms with Gasteiger partial charge in [0.15, 0.2) is 0 Å². The van der Waals surface area contributed by atoms with E-state index in [4.69, 9.17) is 4.74 Å². The summed E-state index contributed by atoms with van der Waals surface area (Å²) in [7, 11) is 0. The maximum Gasteiger partial charge on any atom is 0.338 e. The number of ether oxygens (including phenoxy) is 1. The zero-order chi connectivity index (χ0) is 30.7. The van der Waals surface area contributed by atoms with Gasteiger partial charge in [0.25, 0.3) is 5.92 Å². The largest absolute Gasteiger partial charge is 0.390 e. The fraction of sp³-hybridized carbons (Fsp3) is 0.667. The Kier molecular flexibility index (Phi) is 17.7. The molecule has 0 fully saturated rings. The second kappa shape index (κ2) is 19.8. The lowest BCUT2D eigenvalue weighted by Gasteiger charge is -2.37. The molecule has 0 N–H and O–H groups in total. The molecule has 1 aliphatic rings. The van der Waals surface area contributed by atoms with Gasteiger partial charge < -0.3 is 4.74 Å². The molecular formula is C36H56F2O3. The molecule has 0 amide bonds. The summed E-state index contributed by atoms with van der Waals surface area (Å²) < 4.78 is 33.3. The second-order valence-corrected chi connectivity index (χ2v) is 12.4. The number of hydrogen-bond acceptors (Lipinski definition) is 3. The van der Waals surface area contributed by atoms with Crippen molar-refractivity contribution in [1.29, 1.82) is 0 Å². The van der Waals surface area contributed by atoms with Crippen LogP contribution in [-0.2, 0) is 14.3 Å². The van der Waals surface area contributed by atoms with Gasteiger partial charge in [-0.1, -0.05) is 134 Å². The number of unbranched alkanes of at least 4 members (excludes halogenated alkanes) is 12. The average molecular weight is 575 g/mol. The number of carbonyl (C=O) groups excluding carboxylic acids is 2. The Hall–Kier alpha value is -2.30. The molecule has 0 radical (unpaired) electrons. The summed E-state index contributed by atoms with van der Waals surface area (Å²) in [6.07, 6.45) is 27.0.